The second-order valence-electron chi connectivity index (χ2n) is 6.84. The van der Waals surface area contributed by atoms with E-state index in [1.54, 1.807) is 0 Å². The quantitative estimate of drug-likeness (QED) is 0.248. The minimum atomic E-state index is -0.677. The van der Waals surface area contributed by atoms with Crippen LogP contribution in [0.4, 0.5) is 0 Å². The monoisotopic (exact) mass is 346 g/mol. The lowest BCUT2D eigenvalue weighted by Gasteiger charge is -1.99. The predicted octanol–water partition coefficient (Wildman–Crippen LogP) is 6.73. The molecule has 0 radical (unpaired) electrons. The number of aliphatic carboxylic acids is 1. The lowest BCUT2D eigenvalue weighted by Crippen LogP contribution is -1.93. The van der Waals surface area contributed by atoms with Crippen molar-refractivity contribution in [3.8, 4) is 23.7 Å². The summed E-state index contributed by atoms with van der Waals surface area (Å²) in [5.41, 5.74) is 0. The van der Waals surface area contributed by atoms with Crippen LogP contribution in [0, 0.1) is 23.7 Å². The first-order valence-electron chi connectivity index (χ1n) is 10.4. The van der Waals surface area contributed by atoms with Crippen molar-refractivity contribution in [2.45, 2.75) is 116 Å². The predicted molar refractivity (Wildman–Crippen MR) is 107 cm³/mol. The van der Waals surface area contributed by atoms with Gasteiger partial charge in [0, 0.05) is 19.3 Å². The van der Waals surface area contributed by atoms with E-state index >= 15 is 0 Å². The van der Waals surface area contributed by atoms with Crippen LogP contribution in [0.1, 0.15) is 116 Å². The van der Waals surface area contributed by atoms with Gasteiger partial charge in [0.05, 0.1) is 0 Å². The van der Waals surface area contributed by atoms with Crippen molar-refractivity contribution >= 4 is 5.97 Å². The zero-order chi connectivity index (χ0) is 18.4. The Kier molecular flexibility index (Phi) is 19.5. The van der Waals surface area contributed by atoms with Crippen LogP contribution in [0.25, 0.3) is 0 Å². The van der Waals surface area contributed by atoms with E-state index in [1.165, 1.54) is 64.2 Å². The summed E-state index contributed by atoms with van der Waals surface area (Å²) in [6.07, 6.45) is 19.4. The molecule has 0 aliphatic carbocycles. The highest BCUT2D eigenvalue weighted by molar-refractivity contribution is 5.66. The summed E-state index contributed by atoms with van der Waals surface area (Å²) < 4.78 is 0. The second kappa shape index (κ2) is 20.6. The first kappa shape index (κ1) is 23.6. The Morgan fingerprint density at radius 1 is 0.640 bits per heavy atom. The van der Waals surface area contributed by atoms with Crippen LogP contribution in [0.3, 0.4) is 0 Å². The van der Waals surface area contributed by atoms with E-state index in [0.717, 1.165) is 38.5 Å². The summed E-state index contributed by atoms with van der Waals surface area (Å²) in [6.45, 7) is 2.25. The third-order valence-corrected chi connectivity index (χ3v) is 4.34. The Morgan fingerprint density at radius 2 is 1.04 bits per heavy atom. The van der Waals surface area contributed by atoms with E-state index in [1.807, 2.05) is 0 Å². The van der Waals surface area contributed by atoms with Crippen molar-refractivity contribution in [2.75, 3.05) is 0 Å². The standard InChI is InChI=1S/C23H38O2/c1-2-3-4-5-6-7-8-9-10-11-12-13-14-15-16-17-18-19-20-21-22-23(24)25/h2-9,14-22H2,1H3,(H,24,25). The maximum absolute atomic E-state index is 10.4. The van der Waals surface area contributed by atoms with Gasteiger partial charge in [-0.25, -0.2) is 0 Å². The molecular formula is C23H38O2. The van der Waals surface area contributed by atoms with Crippen molar-refractivity contribution in [3.05, 3.63) is 0 Å². The summed E-state index contributed by atoms with van der Waals surface area (Å²) in [6, 6.07) is 0. The first-order chi connectivity index (χ1) is 12.3. The maximum Gasteiger partial charge on any atom is 0.303 e. The van der Waals surface area contributed by atoms with Crippen molar-refractivity contribution in [1.82, 2.24) is 0 Å². The van der Waals surface area contributed by atoms with Gasteiger partial charge in [0.2, 0.25) is 0 Å². The second-order valence-corrected chi connectivity index (χ2v) is 6.84. The fourth-order valence-corrected chi connectivity index (χ4v) is 2.76. The SMILES string of the molecule is CCCCCCCCCC#CC#CCCCCCCCCCC(=O)O. The Hall–Kier alpha value is -1.41. The molecule has 2 heteroatoms. The summed E-state index contributed by atoms with van der Waals surface area (Å²) in [5.74, 6) is 11.6. The molecule has 0 aliphatic heterocycles. The van der Waals surface area contributed by atoms with Gasteiger partial charge in [0.1, 0.15) is 0 Å². The molecule has 0 atom stereocenters. The molecule has 0 bridgehead atoms. The number of hydrogen-bond acceptors (Lipinski definition) is 1. The number of rotatable bonds is 16. The van der Waals surface area contributed by atoms with Gasteiger partial charge in [-0.05, 0) is 31.1 Å². The number of hydrogen-bond donors (Lipinski definition) is 1. The zero-order valence-electron chi connectivity index (χ0n) is 16.4. The number of unbranched alkanes of at least 4 members (excludes halogenated alkanes) is 14. The lowest BCUT2D eigenvalue weighted by molar-refractivity contribution is -0.137. The van der Waals surface area contributed by atoms with Gasteiger partial charge in [0.15, 0.2) is 0 Å². The Labute approximate surface area is 156 Å². The van der Waals surface area contributed by atoms with E-state index in [9.17, 15) is 4.79 Å². The average Bonchev–Trinajstić information content (AvgIpc) is 2.60. The largest absolute Gasteiger partial charge is 0.481 e. The molecule has 0 fully saturated rings. The molecule has 0 spiro atoms. The molecule has 0 aliphatic rings. The molecule has 25 heavy (non-hydrogen) atoms. The minimum absolute atomic E-state index is 0.315. The highest BCUT2D eigenvalue weighted by atomic mass is 16.4. The van der Waals surface area contributed by atoms with Crippen LogP contribution in [-0.4, -0.2) is 11.1 Å². The molecule has 0 heterocycles. The molecule has 0 unspecified atom stereocenters. The van der Waals surface area contributed by atoms with Crippen LogP contribution in [0.15, 0.2) is 0 Å². The van der Waals surface area contributed by atoms with Crippen molar-refractivity contribution in [2.24, 2.45) is 0 Å². The van der Waals surface area contributed by atoms with Gasteiger partial charge in [0.25, 0.3) is 0 Å². The minimum Gasteiger partial charge on any atom is -0.481 e. The fourth-order valence-electron chi connectivity index (χ4n) is 2.76. The van der Waals surface area contributed by atoms with Crippen LogP contribution in [0.5, 0.6) is 0 Å². The molecule has 0 saturated heterocycles. The molecule has 0 aromatic carbocycles. The summed E-state index contributed by atoms with van der Waals surface area (Å²) in [5, 5.41) is 8.54. The molecule has 0 saturated carbocycles. The fraction of sp³-hybridized carbons (Fsp3) is 0.783. The third kappa shape index (κ3) is 22.6. The molecule has 142 valence electrons. The normalized spacial score (nSPS) is 9.80. The molecule has 0 aromatic rings. The Balaban J connectivity index is 3.25. The van der Waals surface area contributed by atoms with E-state index in [2.05, 4.69) is 30.6 Å². The zero-order valence-corrected chi connectivity index (χ0v) is 16.4. The molecule has 0 rings (SSSR count). The molecule has 0 aromatic heterocycles. The van der Waals surface area contributed by atoms with Crippen LogP contribution >= 0.6 is 0 Å². The summed E-state index contributed by atoms with van der Waals surface area (Å²) in [4.78, 5) is 10.4. The maximum atomic E-state index is 10.4. The highest BCUT2D eigenvalue weighted by Crippen LogP contribution is 2.09. The Morgan fingerprint density at radius 3 is 1.48 bits per heavy atom. The van der Waals surface area contributed by atoms with Crippen LogP contribution < -0.4 is 0 Å². The Bertz CT molecular complexity index is 417. The van der Waals surface area contributed by atoms with E-state index in [-0.39, 0.29) is 0 Å². The molecule has 0 amide bonds. The van der Waals surface area contributed by atoms with Crippen molar-refractivity contribution in [3.63, 3.8) is 0 Å². The van der Waals surface area contributed by atoms with Gasteiger partial charge >= 0.3 is 5.97 Å². The van der Waals surface area contributed by atoms with Crippen LogP contribution in [-0.2, 0) is 4.79 Å². The summed E-state index contributed by atoms with van der Waals surface area (Å²) in [7, 11) is 0. The summed E-state index contributed by atoms with van der Waals surface area (Å²) >= 11 is 0. The topological polar surface area (TPSA) is 37.3 Å². The van der Waals surface area contributed by atoms with Gasteiger partial charge in [-0.2, -0.15) is 0 Å². The molecular weight excluding hydrogens is 308 g/mol. The first-order valence-corrected chi connectivity index (χ1v) is 10.4. The number of carboxylic acids is 1. The van der Waals surface area contributed by atoms with Crippen molar-refractivity contribution in [1.29, 1.82) is 0 Å². The molecule has 2 nitrogen and oxygen atoms in total. The van der Waals surface area contributed by atoms with Gasteiger partial charge < -0.3 is 5.11 Å². The highest BCUT2D eigenvalue weighted by Gasteiger charge is 1.96. The van der Waals surface area contributed by atoms with Crippen LogP contribution in [0.2, 0.25) is 0 Å². The number of carboxylic acid groups (broad SMARTS) is 1. The van der Waals surface area contributed by atoms with E-state index in [4.69, 9.17) is 5.11 Å². The lowest BCUT2D eigenvalue weighted by atomic mass is 10.1. The van der Waals surface area contributed by atoms with Gasteiger partial charge in [-0.15, -0.1) is 0 Å². The number of carbonyl (C=O) groups is 1. The van der Waals surface area contributed by atoms with E-state index in [0.29, 0.717) is 6.42 Å². The van der Waals surface area contributed by atoms with E-state index < -0.39 is 5.97 Å². The molecule has 1 N–H and O–H groups in total. The third-order valence-electron chi connectivity index (χ3n) is 4.34. The van der Waals surface area contributed by atoms with Crippen molar-refractivity contribution < 1.29 is 9.90 Å². The smallest absolute Gasteiger partial charge is 0.303 e. The average molecular weight is 347 g/mol. The van der Waals surface area contributed by atoms with Gasteiger partial charge in [-0.3, -0.25) is 4.79 Å². The van der Waals surface area contributed by atoms with Gasteiger partial charge in [-0.1, -0.05) is 89.4 Å².